The van der Waals surface area contributed by atoms with Gasteiger partial charge in [-0.15, -0.1) is 11.3 Å². The molecule has 4 heteroatoms. The predicted octanol–water partition coefficient (Wildman–Crippen LogP) is 4.50. The van der Waals surface area contributed by atoms with Gasteiger partial charge in [-0.05, 0) is 59.1 Å². The molecule has 2 rings (SSSR count). The van der Waals surface area contributed by atoms with E-state index in [2.05, 4.69) is 45.7 Å². The van der Waals surface area contributed by atoms with Crippen molar-refractivity contribution in [2.45, 2.75) is 25.8 Å². The molecule has 0 aliphatic rings. The van der Waals surface area contributed by atoms with Gasteiger partial charge in [-0.1, -0.05) is 19.1 Å². The third kappa shape index (κ3) is 4.34. The second-order valence-electron chi connectivity index (χ2n) is 4.55. The van der Waals surface area contributed by atoms with E-state index in [-0.39, 0.29) is 0 Å². The maximum atomic E-state index is 9.55. The molecule has 0 bridgehead atoms. The first-order valence-corrected chi connectivity index (χ1v) is 8.11. The Morgan fingerprint density at radius 3 is 2.84 bits per heavy atom. The van der Waals surface area contributed by atoms with Crippen LogP contribution in [0.3, 0.4) is 0 Å². The molecule has 1 heterocycles. The molecule has 1 atom stereocenters. The van der Waals surface area contributed by atoms with Gasteiger partial charge in [0.2, 0.25) is 0 Å². The Balaban J connectivity index is 2.13. The van der Waals surface area contributed by atoms with Crippen molar-refractivity contribution >= 4 is 27.3 Å². The van der Waals surface area contributed by atoms with Crippen LogP contribution < -0.4 is 5.32 Å². The van der Waals surface area contributed by atoms with Gasteiger partial charge < -0.3 is 10.4 Å². The summed E-state index contributed by atoms with van der Waals surface area (Å²) < 4.78 is 1.13. The lowest BCUT2D eigenvalue weighted by molar-refractivity contribution is 0.473. The molecule has 0 saturated carbocycles. The maximum Gasteiger partial charge on any atom is 0.115 e. The lowest BCUT2D eigenvalue weighted by Crippen LogP contribution is -2.23. The van der Waals surface area contributed by atoms with Crippen LogP contribution in [0.2, 0.25) is 0 Å². The first-order chi connectivity index (χ1) is 9.19. The van der Waals surface area contributed by atoms with E-state index >= 15 is 0 Å². The van der Waals surface area contributed by atoms with E-state index in [1.54, 1.807) is 17.4 Å². The highest BCUT2D eigenvalue weighted by molar-refractivity contribution is 9.10. The van der Waals surface area contributed by atoms with Crippen LogP contribution in [0, 0.1) is 0 Å². The van der Waals surface area contributed by atoms with E-state index in [0.29, 0.717) is 11.8 Å². The Labute approximate surface area is 126 Å². The van der Waals surface area contributed by atoms with Crippen LogP contribution in [-0.2, 0) is 6.42 Å². The molecule has 1 unspecified atom stereocenters. The quantitative estimate of drug-likeness (QED) is 0.811. The Morgan fingerprint density at radius 1 is 1.37 bits per heavy atom. The van der Waals surface area contributed by atoms with E-state index in [1.165, 1.54) is 4.88 Å². The van der Waals surface area contributed by atoms with Crippen LogP contribution in [0.5, 0.6) is 5.75 Å². The third-order valence-electron chi connectivity index (χ3n) is 2.92. The fourth-order valence-electron chi connectivity index (χ4n) is 2.02. The molecule has 2 N–H and O–H groups in total. The minimum Gasteiger partial charge on any atom is -0.508 e. The number of nitrogens with one attached hydrogen (secondary N) is 1. The highest BCUT2D eigenvalue weighted by Gasteiger charge is 2.13. The monoisotopic (exact) mass is 339 g/mol. The lowest BCUT2D eigenvalue weighted by atomic mass is 10.0. The van der Waals surface area contributed by atoms with Crippen molar-refractivity contribution in [2.75, 3.05) is 6.54 Å². The number of rotatable bonds is 6. The molecular formula is C15H18BrNOS. The van der Waals surface area contributed by atoms with Gasteiger partial charge in [0.1, 0.15) is 5.75 Å². The molecule has 0 spiro atoms. The third-order valence-corrected chi connectivity index (χ3v) is 4.73. The first-order valence-electron chi connectivity index (χ1n) is 6.44. The fraction of sp³-hybridized carbons (Fsp3) is 0.333. The summed E-state index contributed by atoms with van der Waals surface area (Å²) >= 11 is 5.27. The number of halogens is 1. The van der Waals surface area contributed by atoms with Crippen molar-refractivity contribution in [3.63, 3.8) is 0 Å². The molecule has 1 aromatic carbocycles. The molecule has 0 fully saturated rings. The largest absolute Gasteiger partial charge is 0.508 e. The van der Waals surface area contributed by atoms with E-state index in [1.807, 2.05) is 12.1 Å². The normalized spacial score (nSPS) is 12.5. The molecule has 0 amide bonds. The Hall–Kier alpha value is -0.840. The molecule has 2 aromatic rings. The molecule has 0 aliphatic heterocycles. The Bertz CT molecular complexity index is 526. The van der Waals surface area contributed by atoms with Crippen molar-refractivity contribution in [1.82, 2.24) is 5.32 Å². The summed E-state index contributed by atoms with van der Waals surface area (Å²) in [6, 6.07) is 9.97. The molecule has 2 nitrogen and oxygen atoms in total. The summed E-state index contributed by atoms with van der Waals surface area (Å²) in [4.78, 5) is 1.32. The van der Waals surface area contributed by atoms with Crippen LogP contribution in [0.1, 0.15) is 29.8 Å². The van der Waals surface area contributed by atoms with Gasteiger partial charge in [0, 0.05) is 20.8 Å². The van der Waals surface area contributed by atoms with Gasteiger partial charge in [0.25, 0.3) is 0 Å². The van der Waals surface area contributed by atoms with Gasteiger partial charge in [-0.25, -0.2) is 0 Å². The average molecular weight is 340 g/mol. The first kappa shape index (κ1) is 14.6. The SMILES string of the molecule is CCCNC(Cc1cccc(O)c1)c1cc(Br)cs1. The van der Waals surface area contributed by atoms with Crippen LogP contribution in [0.4, 0.5) is 0 Å². The lowest BCUT2D eigenvalue weighted by Gasteiger charge is -2.17. The van der Waals surface area contributed by atoms with E-state index in [9.17, 15) is 5.11 Å². The summed E-state index contributed by atoms with van der Waals surface area (Å²) in [6.45, 7) is 3.17. The minimum absolute atomic E-state index is 0.304. The van der Waals surface area contributed by atoms with Crippen LogP contribution in [0.15, 0.2) is 40.2 Å². The molecule has 1 aromatic heterocycles. The topological polar surface area (TPSA) is 32.3 Å². The zero-order valence-electron chi connectivity index (χ0n) is 10.9. The molecule has 0 saturated heterocycles. The van der Waals surface area contributed by atoms with Crippen molar-refractivity contribution in [3.05, 3.63) is 50.6 Å². The van der Waals surface area contributed by atoms with E-state index in [0.717, 1.165) is 29.4 Å². The van der Waals surface area contributed by atoms with E-state index < -0.39 is 0 Å². The summed E-state index contributed by atoms with van der Waals surface area (Å²) in [5.41, 5.74) is 1.15. The highest BCUT2D eigenvalue weighted by atomic mass is 79.9. The Kier molecular flexibility index (Phi) is 5.43. The fourth-order valence-corrected chi connectivity index (χ4v) is 3.54. The van der Waals surface area contributed by atoms with Crippen molar-refractivity contribution in [2.24, 2.45) is 0 Å². The number of phenolic OH excluding ortho intramolecular Hbond substituents is 1. The number of aromatic hydroxyl groups is 1. The number of phenols is 1. The smallest absolute Gasteiger partial charge is 0.115 e. The van der Waals surface area contributed by atoms with E-state index in [4.69, 9.17) is 0 Å². The summed E-state index contributed by atoms with van der Waals surface area (Å²) in [5.74, 6) is 0.333. The predicted molar refractivity (Wildman–Crippen MR) is 84.9 cm³/mol. The second-order valence-corrected chi connectivity index (χ2v) is 6.41. The maximum absolute atomic E-state index is 9.55. The zero-order chi connectivity index (χ0) is 13.7. The minimum atomic E-state index is 0.304. The van der Waals surface area contributed by atoms with Crippen LogP contribution >= 0.6 is 27.3 Å². The van der Waals surface area contributed by atoms with Crippen molar-refractivity contribution in [3.8, 4) is 5.75 Å². The van der Waals surface area contributed by atoms with Gasteiger partial charge in [-0.3, -0.25) is 0 Å². The standard InChI is InChI=1S/C15H18BrNOS/c1-2-6-17-14(15-9-12(16)10-19-15)8-11-4-3-5-13(18)7-11/h3-5,7,9-10,14,17-18H,2,6,8H2,1H3. The summed E-state index contributed by atoms with van der Waals surface area (Å²) in [7, 11) is 0. The molecule has 19 heavy (non-hydrogen) atoms. The van der Waals surface area contributed by atoms with Gasteiger partial charge in [0.05, 0.1) is 0 Å². The number of thiophene rings is 1. The number of hydrogen-bond donors (Lipinski definition) is 2. The number of hydrogen-bond acceptors (Lipinski definition) is 3. The molecule has 0 radical (unpaired) electrons. The average Bonchev–Trinajstić information content (AvgIpc) is 2.81. The molecule has 0 aliphatic carbocycles. The molecule has 102 valence electrons. The summed E-state index contributed by atoms with van der Waals surface area (Å²) in [5, 5.41) is 15.2. The second kappa shape index (κ2) is 7.08. The van der Waals surface area contributed by atoms with Crippen molar-refractivity contribution < 1.29 is 5.11 Å². The van der Waals surface area contributed by atoms with Gasteiger partial charge in [0.15, 0.2) is 0 Å². The molecular weight excluding hydrogens is 322 g/mol. The summed E-state index contributed by atoms with van der Waals surface area (Å²) in [6.07, 6.45) is 2.00. The Morgan fingerprint density at radius 2 is 2.21 bits per heavy atom. The van der Waals surface area contributed by atoms with Gasteiger partial charge in [-0.2, -0.15) is 0 Å². The zero-order valence-corrected chi connectivity index (χ0v) is 13.3. The highest BCUT2D eigenvalue weighted by Crippen LogP contribution is 2.28. The number of benzene rings is 1. The van der Waals surface area contributed by atoms with Crippen LogP contribution in [-0.4, -0.2) is 11.7 Å². The van der Waals surface area contributed by atoms with Crippen molar-refractivity contribution in [1.29, 1.82) is 0 Å². The van der Waals surface area contributed by atoms with Gasteiger partial charge >= 0.3 is 0 Å². The van der Waals surface area contributed by atoms with Crippen LogP contribution in [0.25, 0.3) is 0 Å².